The Hall–Kier alpha value is -2.69. The van der Waals surface area contributed by atoms with Crippen LogP contribution in [0.1, 0.15) is 16.8 Å². The average molecular weight is 280 g/mol. The highest BCUT2D eigenvalue weighted by Gasteiger charge is 2.09. The number of aromatic nitrogens is 3. The second-order valence-electron chi connectivity index (χ2n) is 4.79. The van der Waals surface area contributed by atoms with Gasteiger partial charge < -0.3 is 9.88 Å². The topological polar surface area (TPSA) is 59.8 Å². The normalized spacial score (nSPS) is 10.7. The van der Waals surface area contributed by atoms with Crippen LogP contribution in [0, 0.1) is 0 Å². The van der Waals surface area contributed by atoms with E-state index < -0.39 is 0 Å². The minimum atomic E-state index is -0.0788. The minimum Gasteiger partial charge on any atom is -0.352 e. The first-order valence-corrected chi connectivity index (χ1v) is 6.92. The van der Waals surface area contributed by atoms with Crippen LogP contribution >= 0.6 is 0 Å². The molecule has 2 heterocycles. The first-order chi connectivity index (χ1) is 10.3. The summed E-state index contributed by atoms with van der Waals surface area (Å²) in [6.07, 6.45) is 8.01. The summed E-state index contributed by atoms with van der Waals surface area (Å²) in [5, 5.41) is 3.92. The third kappa shape index (κ3) is 3.08. The summed E-state index contributed by atoms with van der Waals surface area (Å²) in [5.41, 5.74) is 1.36. The summed E-state index contributed by atoms with van der Waals surface area (Å²) >= 11 is 0. The van der Waals surface area contributed by atoms with Gasteiger partial charge in [-0.05, 0) is 18.6 Å². The van der Waals surface area contributed by atoms with Crippen molar-refractivity contribution >= 4 is 16.8 Å². The number of hydrogen-bond donors (Lipinski definition) is 1. The number of pyridine rings is 1. The summed E-state index contributed by atoms with van der Waals surface area (Å²) < 4.78 is 1.99. The summed E-state index contributed by atoms with van der Waals surface area (Å²) in [6.45, 7) is 1.47. The molecule has 5 nitrogen and oxygen atoms in total. The van der Waals surface area contributed by atoms with Crippen LogP contribution in [-0.4, -0.2) is 27.0 Å². The van der Waals surface area contributed by atoms with E-state index in [-0.39, 0.29) is 5.91 Å². The zero-order valence-corrected chi connectivity index (χ0v) is 11.6. The van der Waals surface area contributed by atoms with Crippen molar-refractivity contribution in [1.29, 1.82) is 0 Å². The maximum absolute atomic E-state index is 12.2. The van der Waals surface area contributed by atoms with Crippen LogP contribution in [0.2, 0.25) is 0 Å². The maximum Gasteiger partial charge on any atom is 0.253 e. The molecule has 21 heavy (non-hydrogen) atoms. The van der Waals surface area contributed by atoms with Gasteiger partial charge >= 0.3 is 0 Å². The Morgan fingerprint density at radius 2 is 2.10 bits per heavy atom. The molecule has 0 spiro atoms. The van der Waals surface area contributed by atoms with Gasteiger partial charge in [-0.15, -0.1) is 0 Å². The van der Waals surface area contributed by atoms with Crippen molar-refractivity contribution in [3.63, 3.8) is 0 Å². The van der Waals surface area contributed by atoms with Crippen LogP contribution < -0.4 is 5.32 Å². The maximum atomic E-state index is 12.2. The summed E-state index contributed by atoms with van der Waals surface area (Å²) in [6, 6.07) is 9.47. The third-order valence-electron chi connectivity index (χ3n) is 3.32. The van der Waals surface area contributed by atoms with Gasteiger partial charge in [0, 0.05) is 37.1 Å². The number of carbonyl (C=O) groups is 1. The monoisotopic (exact) mass is 280 g/mol. The predicted molar refractivity (Wildman–Crippen MR) is 80.9 cm³/mol. The van der Waals surface area contributed by atoms with Gasteiger partial charge in [-0.25, -0.2) is 4.98 Å². The summed E-state index contributed by atoms with van der Waals surface area (Å²) in [4.78, 5) is 20.5. The van der Waals surface area contributed by atoms with Crippen LogP contribution in [0.25, 0.3) is 10.9 Å². The smallest absolute Gasteiger partial charge is 0.253 e. The van der Waals surface area contributed by atoms with Crippen molar-refractivity contribution in [3.05, 3.63) is 60.8 Å². The number of benzene rings is 1. The molecule has 3 rings (SSSR count). The second-order valence-corrected chi connectivity index (χ2v) is 4.79. The van der Waals surface area contributed by atoms with E-state index in [4.69, 9.17) is 0 Å². The molecular weight excluding hydrogens is 264 g/mol. The molecular formula is C16H16N4O. The molecule has 0 saturated heterocycles. The first-order valence-electron chi connectivity index (χ1n) is 6.92. The number of carbonyl (C=O) groups excluding carboxylic acids is 1. The van der Waals surface area contributed by atoms with Crippen molar-refractivity contribution in [2.75, 3.05) is 6.54 Å². The fourth-order valence-corrected chi connectivity index (χ4v) is 2.27. The van der Waals surface area contributed by atoms with Gasteiger partial charge in [0.1, 0.15) is 0 Å². The molecule has 3 aromatic rings. The highest BCUT2D eigenvalue weighted by atomic mass is 16.1. The highest BCUT2D eigenvalue weighted by Crippen LogP contribution is 2.15. The molecule has 106 valence electrons. The van der Waals surface area contributed by atoms with E-state index in [0.717, 1.165) is 23.9 Å². The zero-order chi connectivity index (χ0) is 14.5. The zero-order valence-electron chi connectivity index (χ0n) is 11.6. The average Bonchev–Trinajstić information content (AvgIpc) is 3.04. The van der Waals surface area contributed by atoms with Crippen molar-refractivity contribution in [3.8, 4) is 0 Å². The molecule has 0 aliphatic carbocycles. The molecule has 0 aliphatic rings. The van der Waals surface area contributed by atoms with Gasteiger partial charge in [-0.2, -0.15) is 0 Å². The molecule has 0 radical (unpaired) electrons. The number of nitrogens with one attached hydrogen (secondary N) is 1. The summed E-state index contributed by atoms with van der Waals surface area (Å²) in [7, 11) is 0. The lowest BCUT2D eigenvalue weighted by Crippen LogP contribution is -2.25. The van der Waals surface area contributed by atoms with E-state index in [1.54, 1.807) is 24.8 Å². The lowest BCUT2D eigenvalue weighted by Gasteiger charge is -2.07. The molecule has 0 saturated carbocycles. The molecule has 5 heteroatoms. The van der Waals surface area contributed by atoms with E-state index in [2.05, 4.69) is 15.3 Å². The van der Waals surface area contributed by atoms with Gasteiger partial charge in [0.05, 0.1) is 17.4 Å². The number of para-hydroxylation sites is 1. The molecule has 0 fully saturated rings. The number of hydrogen-bond acceptors (Lipinski definition) is 3. The van der Waals surface area contributed by atoms with E-state index in [1.807, 2.05) is 35.0 Å². The van der Waals surface area contributed by atoms with Crippen LogP contribution in [0.3, 0.4) is 0 Å². The number of nitrogens with zero attached hydrogens (tertiary/aromatic N) is 3. The number of rotatable bonds is 5. The molecule has 0 bridgehead atoms. The van der Waals surface area contributed by atoms with Crippen LogP contribution in [-0.2, 0) is 6.54 Å². The lowest BCUT2D eigenvalue weighted by molar-refractivity contribution is 0.0954. The highest BCUT2D eigenvalue weighted by molar-refractivity contribution is 6.05. The lowest BCUT2D eigenvalue weighted by atomic mass is 10.1. The summed E-state index contributed by atoms with van der Waals surface area (Å²) in [5.74, 6) is -0.0788. The Kier molecular flexibility index (Phi) is 3.91. The van der Waals surface area contributed by atoms with E-state index in [1.165, 1.54) is 0 Å². The van der Waals surface area contributed by atoms with Crippen LogP contribution in [0.15, 0.2) is 55.2 Å². The number of amides is 1. The van der Waals surface area contributed by atoms with Crippen LogP contribution in [0.5, 0.6) is 0 Å². The van der Waals surface area contributed by atoms with Crippen LogP contribution in [0.4, 0.5) is 0 Å². The van der Waals surface area contributed by atoms with Crippen molar-refractivity contribution in [1.82, 2.24) is 19.9 Å². The number of aryl methyl sites for hydroxylation is 1. The number of imidazole rings is 1. The van der Waals surface area contributed by atoms with Crippen molar-refractivity contribution in [2.45, 2.75) is 13.0 Å². The third-order valence-corrected chi connectivity index (χ3v) is 3.32. The second kappa shape index (κ2) is 6.17. The van der Waals surface area contributed by atoms with E-state index in [9.17, 15) is 4.79 Å². The molecule has 1 amide bonds. The van der Waals surface area contributed by atoms with Crippen molar-refractivity contribution < 1.29 is 4.79 Å². The molecule has 2 aromatic heterocycles. The fourth-order valence-electron chi connectivity index (χ4n) is 2.27. The van der Waals surface area contributed by atoms with Gasteiger partial charge in [0.2, 0.25) is 0 Å². The Labute approximate surface area is 122 Å². The Bertz CT molecular complexity index is 732. The van der Waals surface area contributed by atoms with Crippen molar-refractivity contribution in [2.24, 2.45) is 0 Å². The molecule has 1 N–H and O–H groups in total. The standard InChI is InChI=1S/C16H16N4O/c21-16(19-8-3-10-20-11-9-17-12-20)14-6-1-4-13-5-2-7-18-15(13)14/h1-2,4-7,9,11-12H,3,8,10H2,(H,19,21). The molecule has 0 unspecified atom stereocenters. The quantitative estimate of drug-likeness (QED) is 0.729. The largest absolute Gasteiger partial charge is 0.352 e. The number of fused-ring (bicyclic) bond motifs is 1. The Morgan fingerprint density at radius 3 is 2.95 bits per heavy atom. The van der Waals surface area contributed by atoms with Gasteiger partial charge in [0.15, 0.2) is 0 Å². The minimum absolute atomic E-state index is 0.0788. The van der Waals surface area contributed by atoms with E-state index >= 15 is 0 Å². The van der Waals surface area contributed by atoms with Gasteiger partial charge in [0.25, 0.3) is 5.91 Å². The predicted octanol–water partition coefficient (Wildman–Crippen LogP) is 2.25. The SMILES string of the molecule is O=C(NCCCn1ccnc1)c1cccc2cccnc12. The van der Waals surface area contributed by atoms with Gasteiger partial charge in [-0.3, -0.25) is 9.78 Å². The molecule has 1 aromatic carbocycles. The first kappa shape index (κ1) is 13.3. The van der Waals surface area contributed by atoms with Gasteiger partial charge in [-0.1, -0.05) is 18.2 Å². The Morgan fingerprint density at radius 1 is 1.19 bits per heavy atom. The molecule has 0 atom stereocenters. The Balaban J connectivity index is 1.62. The molecule has 0 aliphatic heterocycles. The van der Waals surface area contributed by atoms with E-state index in [0.29, 0.717) is 12.1 Å². The fraction of sp³-hybridized carbons (Fsp3) is 0.188.